The number of nitrogens with one attached hydrogen (secondary N) is 1. The molecule has 0 spiro atoms. The highest BCUT2D eigenvalue weighted by Gasteiger charge is 2.43. The molecule has 2 aromatic carbocycles. The summed E-state index contributed by atoms with van der Waals surface area (Å²) in [5, 5.41) is 6.69. The number of hydrazone groups is 1. The Kier molecular flexibility index (Phi) is 3.61. The van der Waals surface area contributed by atoms with Crippen molar-refractivity contribution < 1.29 is 19.1 Å². The van der Waals surface area contributed by atoms with Crippen LogP contribution >= 0.6 is 0 Å². The molecule has 1 saturated heterocycles. The summed E-state index contributed by atoms with van der Waals surface area (Å²) in [7, 11) is 0. The van der Waals surface area contributed by atoms with E-state index in [1.54, 1.807) is 23.2 Å². The first-order chi connectivity index (χ1) is 14.7. The summed E-state index contributed by atoms with van der Waals surface area (Å²) in [5.41, 5.74) is 3.91. The summed E-state index contributed by atoms with van der Waals surface area (Å²) in [6.07, 6.45) is 2.06. The number of carbonyl (C=O) groups excluding carboxylic acids is 2. The van der Waals surface area contributed by atoms with Crippen molar-refractivity contribution in [1.29, 1.82) is 0 Å². The zero-order valence-electron chi connectivity index (χ0n) is 16.0. The molecule has 0 aliphatic carbocycles. The Labute approximate surface area is 171 Å². The van der Waals surface area contributed by atoms with Crippen molar-refractivity contribution in [2.75, 3.05) is 13.3 Å². The monoisotopic (exact) mass is 402 g/mol. The van der Waals surface area contributed by atoms with Gasteiger partial charge in [0.25, 0.3) is 5.91 Å². The topological polar surface area (TPSA) is 87.2 Å². The number of fused-ring (bicyclic) bond motifs is 5. The molecule has 0 unspecified atom stereocenters. The number of amides is 2. The van der Waals surface area contributed by atoms with E-state index in [1.807, 2.05) is 30.3 Å². The zero-order chi connectivity index (χ0) is 20.2. The Hall–Kier alpha value is -3.81. The maximum atomic E-state index is 13.1. The number of hydrogen-bond donors (Lipinski definition) is 1. The molecule has 150 valence electrons. The van der Waals surface area contributed by atoms with E-state index in [1.165, 1.54) is 5.01 Å². The van der Waals surface area contributed by atoms with Crippen LogP contribution in [0, 0.1) is 0 Å². The largest absolute Gasteiger partial charge is 0.454 e. The number of aromatic nitrogens is 1. The highest BCUT2D eigenvalue weighted by molar-refractivity contribution is 5.97. The van der Waals surface area contributed by atoms with Gasteiger partial charge < -0.3 is 19.4 Å². The van der Waals surface area contributed by atoms with Crippen molar-refractivity contribution in [3.8, 4) is 11.5 Å². The summed E-state index contributed by atoms with van der Waals surface area (Å²) in [4.78, 5) is 31.0. The number of benzene rings is 2. The Morgan fingerprint density at radius 1 is 1.07 bits per heavy atom. The standard InChI is InChI=1S/C22H18N4O4/c27-21-11-26(23-9-13-5-6-19-20(7-13)30-12-29-19)22(28)18-8-15-14-3-1-2-4-16(14)24-17(15)10-25(18)21/h1-7,9,18,24H,8,10-12H2/b23-9-/t18-/m0/s1. The van der Waals surface area contributed by atoms with E-state index in [0.29, 0.717) is 24.5 Å². The first kappa shape index (κ1) is 17.1. The lowest BCUT2D eigenvalue weighted by Gasteiger charge is -2.40. The minimum atomic E-state index is -0.535. The Morgan fingerprint density at radius 2 is 1.93 bits per heavy atom. The smallest absolute Gasteiger partial charge is 0.266 e. The van der Waals surface area contributed by atoms with Crippen LogP contribution in [0.5, 0.6) is 11.5 Å². The van der Waals surface area contributed by atoms with E-state index in [-0.39, 0.29) is 25.2 Å². The van der Waals surface area contributed by atoms with Gasteiger partial charge in [0.15, 0.2) is 11.5 Å². The van der Waals surface area contributed by atoms with Gasteiger partial charge in [-0.05, 0) is 35.4 Å². The van der Waals surface area contributed by atoms with Gasteiger partial charge in [-0.25, -0.2) is 5.01 Å². The van der Waals surface area contributed by atoms with Crippen molar-refractivity contribution in [2.45, 2.75) is 19.0 Å². The third-order valence-electron chi connectivity index (χ3n) is 5.89. The first-order valence-corrected chi connectivity index (χ1v) is 9.80. The van der Waals surface area contributed by atoms with Gasteiger partial charge in [-0.15, -0.1) is 0 Å². The maximum absolute atomic E-state index is 13.1. The summed E-state index contributed by atoms with van der Waals surface area (Å²) in [6, 6.07) is 12.9. The number of aromatic amines is 1. The van der Waals surface area contributed by atoms with Gasteiger partial charge in [-0.1, -0.05) is 18.2 Å². The summed E-state index contributed by atoms with van der Waals surface area (Å²) in [6.45, 7) is 0.549. The van der Waals surface area contributed by atoms with Crippen LogP contribution in [0.2, 0.25) is 0 Å². The van der Waals surface area contributed by atoms with Crippen LogP contribution in [0.15, 0.2) is 47.6 Å². The highest BCUT2D eigenvalue weighted by atomic mass is 16.7. The normalized spacial score (nSPS) is 20.2. The third-order valence-corrected chi connectivity index (χ3v) is 5.89. The SMILES string of the molecule is O=C1[C@@H]2Cc3c([nH]c4ccccc34)CN2C(=O)CN1/N=C\c1ccc2c(c1)OCO2. The minimum Gasteiger partial charge on any atom is -0.454 e. The first-order valence-electron chi connectivity index (χ1n) is 9.80. The van der Waals surface area contributed by atoms with Crippen molar-refractivity contribution >= 4 is 28.9 Å². The van der Waals surface area contributed by atoms with Crippen molar-refractivity contribution in [2.24, 2.45) is 5.10 Å². The van der Waals surface area contributed by atoms with Crippen molar-refractivity contribution in [3.05, 3.63) is 59.3 Å². The molecule has 30 heavy (non-hydrogen) atoms. The second-order valence-corrected chi connectivity index (χ2v) is 7.62. The fraction of sp³-hybridized carbons (Fsp3) is 0.227. The molecular formula is C22H18N4O4. The van der Waals surface area contributed by atoms with E-state index >= 15 is 0 Å². The minimum absolute atomic E-state index is 0.0635. The molecule has 3 aromatic rings. The Bertz CT molecular complexity index is 1230. The van der Waals surface area contributed by atoms with Crippen molar-refractivity contribution in [1.82, 2.24) is 14.9 Å². The predicted molar refractivity (Wildman–Crippen MR) is 108 cm³/mol. The fourth-order valence-electron chi connectivity index (χ4n) is 4.39. The van der Waals surface area contributed by atoms with Crippen molar-refractivity contribution in [3.63, 3.8) is 0 Å². The van der Waals surface area contributed by atoms with Crippen LogP contribution in [0.25, 0.3) is 10.9 Å². The predicted octanol–water partition coefficient (Wildman–Crippen LogP) is 2.03. The lowest BCUT2D eigenvalue weighted by molar-refractivity contribution is -0.157. The molecule has 8 heteroatoms. The number of ether oxygens (including phenoxy) is 2. The fourth-order valence-corrected chi connectivity index (χ4v) is 4.39. The quantitative estimate of drug-likeness (QED) is 0.665. The van der Waals surface area contributed by atoms with E-state index in [0.717, 1.165) is 27.7 Å². The average Bonchev–Trinajstić information content (AvgIpc) is 3.37. The second kappa shape index (κ2) is 6.35. The van der Waals surface area contributed by atoms with Crippen LogP contribution < -0.4 is 9.47 Å². The number of piperazine rings is 1. The number of hydrogen-bond acceptors (Lipinski definition) is 5. The van der Waals surface area contributed by atoms with Gasteiger partial charge in [0.1, 0.15) is 12.6 Å². The molecule has 0 saturated carbocycles. The molecular weight excluding hydrogens is 384 g/mol. The number of para-hydroxylation sites is 1. The highest BCUT2D eigenvalue weighted by Crippen LogP contribution is 2.33. The molecule has 8 nitrogen and oxygen atoms in total. The van der Waals surface area contributed by atoms with Crippen LogP contribution in [-0.4, -0.2) is 52.3 Å². The van der Waals surface area contributed by atoms with Gasteiger partial charge in [-0.2, -0.15) is 5.10 Å². The molecule has 0 radical (unpaired) electrons. The Morgan fingerprint density at radius 3 is 2.87 bits per heavy atom. The molecule has 2 amide bonds. The van der Waals surface area contributed by atoms with E-state index in [9.17, 15) is 9.59 Å². The lowest BCUT2D eigenvalue weighted by atomic mass is 9.94. The third kappa shape index (κ3) is 2.57. The zero-order valence-corrected chi connectivity index (χ0v) is 16.0. The van der Waals surface area contributed by atoms with Gasteiger partial charge >= 0.3 is 0 Å². The van der Waals surface area contributed by atoms with Gasteiger partial charge in [0.2, 0.25) is 12.7 Å². The Balaban J connectivity index is 1.28. The van der Waals surface area contributed by atoms with Gasteiger partial charge in [0, 0.05) is 23.0 Å². The van der Waals surface area contributed by atoms with Crippen LogP contribution in [0.4, 0.5) is 0 Å². The summed E-state index contributed by atoms with van der Waals surface area (Å²) >= 11 is 0. The van der Waals surface area contributed by atoms with E-state index < -0.39 is 6.04 Å². The number of nitrogens with zero attached hydrogens (tertiary/aromatic N) is 3. The van der Waals surface area contributed by atoms with E-state index in [4.69, 9.17) is 9.47 Å². The molecule has 6 rings (SSSR count). The van der Waals surface area contributed by atoms with E-state index in [2.05, 4.69) is 10.1 Å². The molecule has 1 aromatic heterocycles. The molecule has 3 aliphatic rings. The number of rotatable bonds is 2. The maximum Gasteiger partial charge on any atom is 0.266 e. The molecule has 3 aliphatic heterocycles. The van der Waals surface area contributed by atoms with Crippen LogP contribution in [0.3, 0.4) is 0 Å². The molecule has 4 heterocycles. The summed E-state index contributed by atoms with van der Waals surface area (Å²) in [5.74, 6) is 1.06. The average molecular weight is 402 g/mol. The molecule has 1 N–H and O–H groups in total. The van der Waals surface area contributed by atoms with Crippen LogP contribution in [0.1, 0.15) is 16.8 Å². The molecule has 1 atom stereocenters. The second-order valence-electron chi connectivity index (χ2n) is 7.62. The number of carbonyl (C=O) groups is 2. The molecule has 1 fully saturated rings. The summed E-state index contributed by atoms with van der Waals surface area (Å²) < 4.78 is 10.7. The van der Waals surface area contributed by atoms with Gasteiger partial charge in [0.05, 0.1) is 12.8 Å². The number of H-pyrrole nitrogens is 1. The van der Waals surface area contributed by atoms with Gasteiger partial charge in [-0.3, -0.25) is 9.59 Å². The lowest BCUT2D eigenvalue weighted by Crippen LogP contribution is -2.60. The van der Waals surface area contributed by atoms with Crippen LogP contribution in [-0.2, 0) is 22.6 Å². The molecule has 0 bridgehead atoms.